The van der Waals surface area contributed by atoms with Gasteiger partial charge in [-0.05, 0) is 26.1 Å². The number of carbonyl (C=O) groups excluding carboxylic acids is 1. The Morgan fingerprint density at radius 1 is 1.50 bits per heavy atom. The van der Waals surface area contributed by atoms with E-state index in [4.69, 9.17) is 10.3 Å². The van der Waals surface area contributed by atoms with E-state index in [0.717, 1.165) is 31.0 Å². The van der Waals surface area contributed by atoms with Crippen LogP contribution in [0.15, 0.2) is 10.5 Å². The standard InChI is InChI=1S/C11H19N3O2/c1-4-14(5-2)7-9-6-10(11(15)13-12)16-8(9)3/h6H,4-5,7,12H2,1-3H3,(H,13,15). The highest BCUT2D eigenvalue weighted by Crippen LogP contribution is 2.16. The molecule has 0 aliphatic rings. The Kier molecular flexibility index (Phi) is 4.52. The number of hydrogen-bond acceptors (Lipinski definition) is 4. The van der Waals surface area contributed by atoms with E-state index in [1.165, 1.54) is 0 Å². The predicted octanol–water partition coefficient (Wildman–Crippen LogP) is 1.03. The monoisotopic (exact) mass is 225 g/mol. The van der Waals surface area contributed by atoms with Crippen LogP contribution in [0.2, 0.25) is 0 Å². The van der Waals surface area contributed by atoms with Gasteiger partial charge in [0.2, 0.25) is 0 Å². The predicted molar refractivity (Wildman–Crippen MR) is 61.7 cm³/mol. The lowest BCUT2D eigenvalue weighted by Crippen LogP contribution is -2.29. The zero-order valence-corrected chi connectivity index (χ0v) is 10.0. The number of rotatable bonds is 5. The number of amides is 1. The third-order valence-electron chi connectivity index (χ3n) is 2.66. The second kappa shape index (κ2) is 5.67. The molecule has 1 aromatic rings. The summed E-state index contributed by atoms with van der Waals surface area (Å²) in [6.45, 7) is 8.80. The lowest BCUT2D eigenvalue weighted by atomic mass is 10.2. The van der Waals surface area contributed by atoms with Gasteiger partial charge in [-0.1, -0.05) is 13.8 Å². The van der Waals surface area contributed by atoms with E-state index in [2.05, 4.69) is 24.2 Å². The van der Waals surface area contributed by atoms with E-state index in [1.807, 2.05) is 6.92 Å². The van der Waals surface area contributed by atoms with E-state index >= 15 is 0 Å². The molecule has 0 saturated carbocycles. The summed E-state index contributed by atoms with van der Waals surface area (Å²) in [5.41, 5.74) is 3.09. The third kappa shape index (κ3) is 2.84. The fourth-order valence-corrected chi connectivity index (χ4v) is 1.55. The van der Waals surface area contributed by atoms with Crippen molar-refractivity contribution >= 4 is 5.91 Å². The Labute approximate surface area is 95.6 Å². The molecular formula is C11H19N3O2. The maximum Gasteiger partial charge on any atom is 0.300 e. The molecule has 0 unspecified atom stereocenters. The molecule has 5 nitrogen and oxygen atoms in total. The number of nitrogens with two attached hydrogens (primary N) is 1. The summed E-state index contributed by atoms with van der Waals surface area (Å²) in [4.78, 5) is 13.5. The molecule has 1 rings (SSSR count). The summed E-state index contributed by atoms with van der Waals surface area (Å²) in [6.07, 6.45) is 0. The molecule has 1 heterocycles. The van der Waals surface area contributed by atoms with Gasteiger partial charge in [0.05, 0.1) is 0 Å². The fourth-order valence-electron chi connectivity index (χ4n) is 1.55. The summed E-state index contributed by atoms with van der Waals surface area (Å²) in [7, 11) is 0. The van der Waals surface area contributed by atoms with Crippen LogP contribution in [0.3, 0.4) is 0 Å². The maximum atomic E-state index is 11.3. The van der Waals surface area contributed by atoms with Crippen LogP contribution in [0.4, 0.5) is 0 Å². The highest BCUT2D eigenvalue weighted by Gasteiger charge is 2.14. The second-order valence-corrected chi connectivity index (χ2v) is 3.63. The van der Waals surface area contributed by atoms with Crippen molar-refractivity contribution in [3.63, 3.8) is 0 Å². The quantitative estimate of drug-likeness (QED) is 0.446. The summed E-state index contributed by atoms with van der Waals surface area (Å²) < 4.78 is 5.34. The van der Waals surface area contributed by atoms with Crippen molar-refractivity contribution in [3.8, 4) is 0 Å². The minimum atomic E-state index is -0.395. The number of aryl methyl sites for hydroxylation is 1. The number of furan rings is 1. The molecule has 16 heavy (non-hydrogen) atoms. The average Bonchev–Trinajstić information content (AvgIpc) is 2.66. The highest BCUT2D eigenvalue weighted by atomic mass is 16.4. The number of nitrogens with zero attached hydrogens (tertiary/aromatic N) is 1. The van der Waals surface area contributed by atoms with Gasteiger partial charge < -0.3 is 4.42 Å². The number of hydrogen-bond donors (Lipinski definition) is 2. The van der Waals surface area contributed by atoms with Crippen LogP contribution in [0.1, 0.15) is 35.7 Å². The molecule has 1 amide bonds. The van der Waals surface area contributed by atoms with Gasteiger partial charge in [-0.3, -0.25) is 15.1 Å². The molecule has 0 aliphatic heterocycles. The van der Waals surface area contributed by atoms with Crippen LogP contribution in [0, 0.1) is 6.92 Å². The largest absolute Gasteiger partial charge is 0.456 e. The average molecular weight is 225 g/mol. The first-order valence-corrected chi connectivity index (χ1v) is 5.44. The normalized spacial score (nSPS) is 10.8. The van der Waals surface area contributed by atoms with Crippen molar-refractivity contribution in [2.75, 3.05) is 13.1 Å². The Morgan fingerprint density at radius 3 is 2.62 bits per heavy atom. The van der Waals surface area contributed by atoms with Crippen LogP contribution in [-0.4, -0.2) is 23.9 Å². The smallest absolute Gasteiger partial charge is 0.300 e. The molecule has 0 aromatic carbocycles. The first-order chi connectivity index (χ1) is 7.62. The third-order valence-corrected chi connectivity index (χ3v) is 2.66. The summed E-state index contributed by atoms with van der Waals surface area (Å²) >= 11 is 0. The van der Waals surface area contributed by atoms with Crippen LogP contribution in [-0.2, 0) is 6.54 Å². The van der Waals surface area contributed by atoms with Crippen molar-refractivity contribution in [1.29, 1.82) is 0 Å². The molecule has 0 fully saturated rings. The number of nitrogens with one attached hydrogen (secondary N) is 1. The Balaban J connectivity index is 2.81. The van der Waals surface area contributed by atoms with E-state index in [-0.39, 0.29) is 5.76 Å². The Hall–Kier alpha value is -1.33. The molecule has 90 valence electrons. The van der Waals surface area contributed by atoms with Gasteiger partial charge in [-0.2, -0.15) is 0 Å². The van der Waals surface area contributed by atoms with Crippen LogP contribution in [0.5, 0.6) is 0 Å². The maximum absolute atomic E-state index is 11.3. The van der Waals surface area contributed by atoms with Crippen molar-refractivity contribution in [1.82, 2.24) is 10.3 Å². The Morgan fingerprint density at radius 2 is 2.12 bits per heavy atom. The molecule has 0 atom stereocenters. The number of nitrogen functional groups attached to an aromatic ring is 1. The number of carbonyl (C=O) groups is 1. The van der Waals surface area contributed by atoms with E-state index < -0.39 is 5.91 Å². The van der Waals surface area contributed by atoms with Gasteiger partial charge in [-0.15, -0.1) is 0 Å². The zero-order valence-electron chi connectivity index (χ0n) is 10.0. The first-order valence-electron chi connectivity index (χ1n) is 5.44. The molecule has 0 saturated heterocycles. The van der Waals surface area contributed by atoms with E-state index in [9.17, 15) is 4.79 Å². The molecule has 0 bridgehead atoms. The van der Waals surface area contributed by atoms with Gasteiger partial charge in [0.1, 0.15) is 5.76 Å². The van der Waals surface area contributed by atoms with Crippen LogP contribution < -0.4 is 11.3 Å². The minimum Gasteiger partial charge on any atom is -0.456 e. The van der Waals surface area contributed by atoms with Crippen molar-refractivity contribution < 1.29 is 9.21 Å². The fraction of sp³-hybridized carbons (Fsp3) is 0.545. The van der Waals surface area contributed by atoms with Gasteiger partial charge in [0, 0.05) is 12.1 Å². The minimum absolute atomic E-state index is 0.266. The van der Waals surface area contributed by atoms with Crippen molar-refractivity contribution in [3.05, 3.63) is 23.2 Å². The van der Waals surface area contributed by atoms with Crippen molar-refractivity contribution in [2.24, 2.45) is 5.84 Å². The van der Waals surface area contributed by atoms with Crippen molar-refractivity contribution in [2.45, 2.75) is 27.3 Å². The van der Waals surface area contributed by atoms with Crippen LogP contribution in [0.25, 0.3) is 0 Å². The lowest BCUT2D eigenvalue weighted by molar-refractivity contribution is 0.0924. The molecule has 3 N–H and O–H groups in total. The van der Waals surface area contributed by atoms with E-state index in [0.29, 0.717) is 0 Å². The van der Waals surface area contributed by atoms with Gasteiger partial charge in [0.15, 0.2) is 5.76 Å². The van der Waals surface area contributed by atoms with E-state index in [1.54, 1.807) is 6.07 Å². The summed E-state index contributed by atoms with van der Waals surface area (Å²) in [5, 5.41) is 0. The molecule has 0 aliphatic carbocycles. The molecule has 0 radical (unpaired) electrons. The van der Waals surface area contributed by atoms with Gasteiger partial charge >= 0.3 is 5.91 Å². The van der Waals surface area contributed by atoms with Gasteiger partial charge in [0.25, 0.3) is 0 Å². The summed E-state index contributed by atoms with van der Waals surface area (Å²) in [6, 6.07) is 1.75. The molecule has 1 aromatic heterocycles. The lowest BCUT2D eigenvalue weighted by Gasteiger charge is -2.16. The number of hydrazine groups is 1. The first kappa shape index (κ1) is 12.7. The molecule has 5 heteroatoms. The SMILES string of the molecule is CCN(CC)Cc1cc(C(=O)NN)oc1C. The molecular weight excluding hydrogens is 206 g/mol. The molecule has 0 spiro atoms. The summed E-state index contributed by atoms with van der Waals surface area (Å²) in [5.74, 6) is 5.69. The topological polar surface area (TPSA) is 71.5 Å². The zero-order chi connectivity index (χ0) is 12.1. The van der Waals surface area contributed by atoms with Gasteiger partial charge in [-0.25, -0.2) is 5.84 Å². The van der Waals surface area contributed by atoms with Crippen LogP contribution >= 0.6 is 0 Å². The highest BCUT2D eigenvalue weighted by molar-refractivity contribution is 5.91. The Bertz CT molecular complexity index is 356. The second-order valence-electron chi connectivity index (χ2n) is 3.63.